The minimum atomic E-state index is 0.139. The van der Waals surface area contributed by atoms with Gasteiger partial charge in [-0.1, -0.05) is 41.3 Å². The molecule has 0 radical (unpaired) electrons. The molecule has 4 nitrogen and oxygen atoms in total. The third-order valence-electron chi connectivity index (χ3n) is 2.85. The van der Waals surface area contributed by atoms with Crippen LogP contribution in [-0.2, 0) is 11.2 Å². The fourth-order valence-electron chi connectivity index (χ4n) is 2.02. The third-order valence-corrected chi connectivity index (χ3v) is 4.69. The Morgan fingerprint density at radius 2 is 2.33 bits per heavy atom. The molecule has 0 aliphatic carbocycles. The topological polar surface area (TPSA) is 46.1 Å². The summed E-state index contributed by atoms with van der Waals surface area (Å²) in [4.78, 5) is 14.0. The zero-order valence-corrected chi connectivity index (χ0v) is 11.2. The third kappa shape index (κ3) is 2.26. The van der Waals surface area contributed by atoms with Crippen LogP contribution in [0.1, 0.15) is 5.56 Å². The predicted molar refractivity (Wildman–Crippen MR) is 73.1 cm³/mol. The number of thioether (sulfide) groups is 1. The summed E-state index contributed by atoms with van der Waals surface area (Å²) < 4.78 is 0.843. The second kappa shape index (κ2) is 5.07. The average Bonchev–Trinajstić information content (AvgIpc) is 3.05. The molecule has 2 aromatic rings. The van der Waals surface area contributed by atoms with Gasteiger partial charge in [0.1, 0.15) is 5.51 Å². The molecule has 0 bridgehead atoms. The lowest BCUT2D eigenvalue weighted by molar-refractivity contribution is -0.116. The molecule has 1 aliphatic heterocycles. The number of anilines is 1. The van der Waals surface area contributed by atoms with Crippen molar-refractivity contribution < 1.29 is 4.79 Å². The summed E-state index contributed by atoms with van der Waals surface area (Å²) in [5, 5.41) is 7.68. The van der Waals surface area contributed by atoms with Crippen molar-refractivity contribution in [3.8, 4) is 0 Å². The predicted octanol–water partition coefficient (Wildman–Crippen LogP) is 2.22. The van der Waals surface area contributed by atoms with Crippen LogP contribution in [0.3, 0.4) is 0 Å². The summed E-state index contributed by atoms with van der Waals surface area (Å²) in [5.74, 6) is 0.559. The van der Waals surface area contributed by atoms with Gasteiger partial charge < -0.3 is 4.90 Å². The lowest BCUT2D eigenvalue weighted by Crippen LogP contribution is -2.30. The Bertz CT molecular complexity index is 556. The number of rotatable bonds is 3. The molecule has 0 saturated carbocycles. The van der Waals surface area contributed by atoms with E-state index < -0.39 is 0 Å². The molecule has 0 spiro atoms. The quantitative estimate of drug-likeness (QED) is 0.807. The van der Waals surface area contributed by atoms with Gasteiger partial charge in [0.2, 0.25) is 5.91 Å². The number of aromatic nitrogens is 2. The van der Waals surface area contributed by atoms with E-state index in [1.807, 2.05) is 23.1 Å². The molecular weight excluding hydrogens is 266 g/mol. The van der Waals surface area contributed by atoms with Gasteiger partial charge in [0.15, 0.2) is 4.34 Å². The molecule has 92 valence electrons. The maximum Gasteiger partial charge on any atom is 0.237 e. The van der Waals surface area contributed by atoms with Crippen LogP contribution in [0.5, 0.6) is 0 Å². The smallest absolute Gasteiger partial charge is 0.237 e. The Labute approximate surface area is 113 Å². The summed E-state index contributed by atoms with van der Waals surface area (Å²) in [7, 11) is 0. The highest BCUT2D eigenvalue weighted by Crippen LogP contribution is 2.28. The fraction of sp³-hybridized carbons (Fsp3) is 0.250. The van der Waals surface area contributed by atoms with Gasteiger partial charge >= 0.3 is 0 Å². The van der Waals surface area contributed by atoms with Crippen molar-refractivity contribution in [3.05, 3.63) is 35.3 Å². The van der Waals surface area contributed by atoms with Gasteiger partial charge in [0.05, 0.1) is 5.75 Å². The second-order valence-corrected chi connectivity index (χ2v) is 5.97. The standard InChI is InChI=1S/C12H11N3OS2/c16-11(7-17-12-14-13-8-18-12)15-6-5-9-3-1-2-4-10(9)15/h1-4,8H,5-7H2. The molecule has 1 aliphatic rings. The van der Waals surface area contributed by atoms with E-state index in [1.165, 1.54) is 28.7 Å². The van der Waals surface area contributed by atoms with E-state index in [0.29, 0.717) is 5.75 Å². The molecule has 1 amide bonds. The number of amides is 1. The Morgan fingerprint density at radius 3 is 3.17 bits per heavy atom. The molecule has 3 rings (SSSR count). The molecule has 18 heavy (non-hydrogen) atoms. The van der Waals surface area contributed by atoms with E-state index in [2.05, 4.69) is 16.3 Å². The van der Waals surface area contributed by atoms with Crippen molar-refractivity contribution in [2.75, 3.05) is 17.2 Å². The number of hydrogen-bond donors (Lipinski definition) is 0. The van der Waals surface area contributed by atoms with Crippen LogP contribution in [0.2, 0.25) is 0 Å². The average molecular weight is 277 g/mol. The molecule has 2 heterocycles. The highest BCUT2D eigenvalue weighted by atomic mass is 32.2. The van der Waals surface area contributed by atoms with E-state index in [4.69, 9.17) is 0 Å². The summed E-state index contributed by atoms with van der Waals surface area (Å²) in [6.07, 6.45) is 0.950. The van der Waals surface area contributed by atoms with Crippen LogP contribution in [0.4, 0.5) is 5.69 Å². The molecule has 0 saturated heterocycles. The van der Waals surface area contributed by atoms with Gasteiger partial charge in [-0.15, -0.1) is 10.2 Å². The Kier molecular flexibility index (Phi) is 3.29. The minimum Gasteiger partial charge on any atom is -0.311 e. The van der Waals surface area contributed by atoms with Crippen molar-refractivity contribution in [1.82, 2.24) is 10.2 Å². The molecule has 1 aromatic carbocycles. The summed E-state index contributed by atoms with van der Waals surface area (Å²) in [5.41, 5.74) is 3.99. The highest BCUT2D eigenvalue weighted by Gasteiger charge is 2.23. The van der Waals surface area contributed by atoms with E-state index in [1.54, 1.807) is 5.51 Å². The number of nitrogens with zero attached hydrogens (tertiary/aromatic N) is 3. The second-order valence-electron chi connectivity index (χ2n) is 3.92. The van der Waals surface area contributed by atoms with Gasteiger partial charge in [-0.25, -0.2) is 0 Å². The molecule has 1 aromatic heterocycles. The first-order chi connectivity index (χ1) is 8.84. The van der Waals surface area contributed by atoms with Crippen molar-refractivity contribution in [3.63, 3.8) is 0 Å². The summed E-state index contributed by atoms with van der Waals surface area (Å²) in [6.45, 7) is 0.787. The highest BCUT2D eigenvalue weighted by molar-refractivity contribution is 8.01. The number of carbonyl (C=O) groups excluding carboxylic acids is 1. The molecule has 0 unspecified atom stereocenters. The Hall–Kier alpha value is -1.40. The van der Waals surface area contributed by atoms with Crippen LogP contribution < -0.4 is 4.90 Å². The first kappa shape index (κ1) is 11.7. The normalized spacial score (nSPS) is 13.7. The van der Waals surface area contributed by atoms with E-state index in [9.17, 15) is 4.79 Å². The van der Waals surface area contributed by atoms with Gasteiger partial charge in [-0.3, -0.25) is 4.79 Å². The molecular formula is C12H11N3OS2. The van der Waals surface area contributed by atoms with Gasteiger partial charge in [0, 0.05) is 12.2 Å². The van der Waals surface area contributed by atoms with Crippen LogP contribution in [0, 0.1) is 0 Å². The zero-order valence-electron chi connectivity index (χ0n) is 9.57. The Morgan fingerprint density at radius 1 is 1.44 bits per heavy atom. The molecule has 0 N–H and O–H groups in total. The SMILES string of the molecule is O=C(CSc1nncs1)N1CCc2ccccc21. The van der Waals surface area contributed by atoms with Crippen molar-refractivity contribution >= 4 is 34.7 Å². The van der Waals surface area contributed by atoms with Crippen LogP contribution in [0.25, 0.3) is 0 Å². The fourth-order valence-corrected chi connectivity index (χ4v) is 3.39. The Balaban J connectivity index is 1.67. The first-order valence-electron chi connectivity index (χ1n) is 5.62. The molecule has 6 heteroatoms. The lowest BCUT2D eigenvalue weighted by Gasteiger charge is -2.16. The van der Waals surface area contributed by atoms with E-state index in [0.717, 1.165) is 23.0 Å². The summed E-state index contributed by atoms with van der Waals surface area (Å²) >= 11 is 2.91. The molecule has 0 atom stereocenters. The van der Waals surface area contributed by atoms with Crippen LogP contribution in [-0.4, -0.2) is 28.4 Å². The van der Waals surface area contributed by atoms with Crippen molar-refractivity contribution in [2.45, 2.75) is 10.8 Å². The maximum absolute atomic E-state index is 12.2. The number of hydrogen-bond acceptors (Lipinski definition) is 5. The van der Waals surface area contributed by atoms with Crippen molar-refractivity contribution in [1.29, 1.82) is 0 Å². The van der Waals surface area contributed by atoms with Crippen molar-refractivity contribution in [2.24, 2.45) is 0 Å². The number of benzene rings is 1. The minimum absolute atomic E-state index is 0.139. The van der Waals surface area contributed by atoms with E-state index in [-0.39, 0.29) is 5.91 Å². The van der Waals surface area contributed by atoms with Crippen LogP contribution in [0.15, 0.2) is 34.1 Å². The number of carbonyl (C=O) groups is 1. The largest absolute Gasteiger partial charge is 0.311 e. The van der Waals surface area contributed by atoms with Gasteiger partial charge in [0.25, 0.3) is 0 Å². The first-order valence-corrected chi connectivity index (χ1v) is 7.48. The zero-order chi connectivity index (χ0) is 12.4. The number of fused-ring (bicyclic) bond motifs is 1. The van der Waals surface area contributed by atoms with Gasteiger partial charge in [-0.05, 0) is 18.1 Å². The lowest BCUT2D eigenvalue weighted by atomic mass is 10.2. The molecule has 0 fully saturated rings. The maximum atomic E-state index is 12.2. The summed E-state index contributed by atoms with van der Waals surface area (Å²) in [6, 6.07) is 8.08. The van der Waals surface area contributed by atoms with Gasteiger partial charge in [-0.2, -0.15) is 0 Å². The van der Waals surface area contributed by atoms with E-state index >= 15 is 0 Å². The van der Waals surface area contributed by atoms with Crippen LogP contribution >= 0.6 is 23.1 Å². The monoisotopic (exact) mass is 277 g/mol. The number of para-hydroxylation sites is 1.